The molecule has 1 heterocycles. The van der Waals surface area contributed by atoms with Gasteiger partial charge in [-0.2, -0.15) is 0 Å². The molecule has 1 aromatic carbocycles. The second kappa shape index (κ2) is 3.29. The molecule has 3 N–H and O–H groups in total. The van der Waals surface area contributed by atoms with E-state index >= 15 is 0 Å². The number of aliphatic hydroxyl groups is 1. The molecule has 0 fully saturated rings. The predicted octanol–water partition coefficient (Wildman–Crippen LogP) is 2.74. The summed E-state index contributed by atoms with van der Waals surface area (Å²) < 4.78 is 1.95. The number of anilines is 1. The Morgan fingerprint density at radius 1 is 1.46 bits per heavy atom. The summed E-state index contributed by atoms with van der Waals surface area (Å²) >= 11 is 4.93. The maximum absolute atomic E-state index is 9.04. The molecule has 0 amide bonds. The first-order valence-corrected chi connectivity index (χ1v) is 5.46. The number of nitrogen functional groups attached to an aromatic ring is 1. The van der Waals surface area contributed by atoms with Gasteiger partial charge in [-0.3, -0.25) is 0 Å². The molecule has 0 unspecified atom stereocenters. The van der Waals surface area contributed by atoms with Gasteiger partial charge in [-0.1, -0.05) is 6.07 Å². The summed E-state index contributed by atoms with van der Waals surface area (Å²) in [6.45, 7) is 0.0705. The smallest absolute Gasteiger partial charge is 0.0696 e. The molecule has 0 saturated carbocycles. The van der Waals surface area contributed by atoms with Crippen LogP contribution in [0, 0.1) is 0 Å². The van der Waals surface area contributed by atoms with Crippen LogP contribution in [-0.2, 0) is 6.61 Å². The van der Waals surface area contributed by atoms with Crippen molar-refractivity contribution in [3.63, 3.8) is 0 Å². The van der Waals surface area contributed by atoms with E-state index in [4.69, 9.17) is 10.8 Å². The van der Waals surface area contributed by atoms with Gasteiger partial charge in [0.25, 0.3) is 0 Å². The molecule has 0 spiro atoms. The van der Waals surface area contributed by atoms with Crippen LogP contribution in [0.3, 0.4) is 0 Å². The van der Waals surface area contributed by atoms with Crippen LogP contribution in [0.1, 0.15) is 5.56 Å². The highest BCUT2D eigenvalue weighted by molar-refractivity contribution is 9.10. The number of halogens is 1. The Labute approximate surface area is 88.1 Å². The third kappa shape index (κ3) is 1.35. The Bertz CT molecular complexity index is 452. The molecule has 0 aliphatic carbocycles. The fourth-order valence-corrected chi connectivity index (χ4v) is 2.76. The number of hydrogen-bond donors (Lipinski definition) is 2. The van der Waals surface area contributed by atoms with Crippen LogP contribution >= 0.6 is 27.3 Å². The molecule has 0 bridgehead atoms. The molecular weight excluding hydrogens is 250 g/mol. The minimum Gasteiger partial charge on any atom is -0.397 e. The molecule has 2 rings (SSSR count). The number of fused-ring (bicyclic) bond motifs is 1. The molecule has 2 aromatic rings. The maximum atomic E-state index is 9.04. The van der Waals surface area contributed by atoms with Crippen molar-refractivity contribution in [2.75, 3.05) is 5.73 Å². The Kier molecular flexibility index (Phi) is 2.27. The topological polar surface area (TPSA) is 46.2 Å². The second-order valence-corrected chi connectivity index (χ2v) is 4.49. The second-order valence-electron chi connectivity index (χ2n) is 2.76. The summed E-state index contributed by atoms with van der Waals surface area (Å²) in [6, 6.07) is 3.88. The lowest BCUT2D eigenvalue weighted by Crippen LogP contribution is -1.86. The van der Waals surface area contributed by atoms with Gasteiger partial charge >= 0.3 is 0 Å². The van der Waals surface area contributed by atoms with Crippen LogP contribution in [0.5, 0.6) is 0 Å². The highest BCUT2D eigenvalue weighted by Gasteiger charge is 2.07. The van der Waals surface area contributed by atoms with Gasteiger partial charge in [0.05, 0.1) is 17.0 Å². The van der Waals surface area contributed by atoms with Crippen LogP contribution in [0.15, 0.2) is 22.0 Å². The first-order valence-electron chi connectivity index (χ1n) is 3.79. The molecule has 2 nitrogen and oxygen atoms in total. The number of aliphatic hydroxyl groups excluding tert-OH is 1. The fourth-order valence-electron chi connectivity index (χ4n) is 1.27. The van der Waals surface area contributed by atoms with Crippen LogP contribution in [0.4, 0.5) is 5.69 Å². The van der Waals surface area contributed by atoms with Crippen molar-refractivity contribution in [1.82, 2.24) is 0 Å². The van der Waals surface area contributed by atoms with E-state index in [2.05, 4.69) is 15.9 Å². The molecule has 4 heteroatoms. The Balaban J connectivity index is 2.81. The molecule has 0 aliphatic heterocycles. The highest BCUT2D eigenvalue weighted by Crippen LogP contribution is 2.35. The van der Waals surface area contributed by atoms with Crippen molar-refractivity contribution >= 4 is 43.0 Å². The molecule has 0 saturated heterocycles. The molecule has 0 atom stereocenters. The van der Waals surface area contributed by atoms with Crippen molar-refractivity contribution < 1.29 is 5.11 Å². The first-order chi connectivity index (χ1) is 6.24. The van der Waals surface area contributed by atoms with Gasteiger partial charge < -0.3 is 10.8 Å². The minimum atomic E-state index is 0.0705. The number of benzene rings is 1. The van der Waals surface area contributed by atoms with E-state index < -0.39 is 0 Å². The van der Waals surface area contributed by atoms with Gasteiger partial charge in [-0.15, -0.1) is 11.3 Å². The zero-order chi connectivity index (χ0) is 9.42. The Morgan fingerprint density at radius 3 is 2.92 bits per heavy atom. The summed E-state index contributed by atoms with van der Waals surface area (Å²) in [6.07, 6.45) is 0. The quantitative estimate of drug-likeness (QED) is 0.772. The summed E-state index contributed by atoms with van der Waals surface area (Å²) in [5.74, 6) is 0. The summed E-state index contributed by atoms with van der Waals surface area (Å²) in [7, 11) is 0. The third-order valence-corrected chi connectivity index (χ3v) is 3.75. The van der Waals surface area contributed by atoms with Crippen LogP contribution in [-0.4, -0.2) is 5.11 Å². The lowest BCUT2D eigenvalue weighted by molar-refractivity contribution is 0.284. The van der Waals surface area contributed by atoms with Crippen LogP contribution in [0.25, 0.3) is 10.1 Å². The van der Waals surface area contributed by atoms with Crippen LogP contribution < -0.4 is 5.73 Å². The van der Waals surface area contributed by atoms with E-state index in [9.17, 15) is 0 Å². The number of rotatable bonds is 1. The van der Waals surface area contributed by atoms with Crippen molar-refractivity contribution in [3.8, 4) is 0 Å². The maximum Gasteiger partial charge on any atom is 0.0696 e. The SMILES string of the molecule is Nc1c(Br)ccc2c(CO)csc12. The summed E-state index contributed by atoms with van der Waals surface area (Å²) in [4.78, 5) is 0. The highest BCUT2D eigenvalue weighted by atomic mass is 79.9. The van der Waals surface area contributed by atoms with Gasteiger partial charge in [0.2, 0.25) is 0 Å². The molecule has 68 valence electrons. The average Bonchev–Trinajstić information content (AvgIpc) is 2.55. The summed E-state index contributed by atoms with van der Waals surface area (Å²) in [5, 5.41) is 12.0. The number of hydrogen-bond acceptors (Lipinski definition) is 3. The zero-order valence-electron chi connectivity index (χ0n) is 6.75. The van der Waals surface area contributed by atoms with Gasteiger partial charge in [-0.25, -0.2) is 0 Å². The molecule has 0 radical (unpaired) electrons. The number of nitrogens with two attached hydrogens (primary N) is 1. The van der Waals surface area contributed by atoms with E-state index in [0.29, 0.717) is 0 Å². The lowest BCUT2D eigenvalue weighted by Gasteiger charge is -1.99. The fraction of sp³-hybridized carbons (Fsp3) is 0.111. The zero-order valence-corrected chi connectivity index (χ0v) is 9.15. The molecule has 1 aromatic heterocycles. The summed E-state index contributed by atoms with van der Waals surface area (Å²) in [5.41, 5.74) is 7.56. The first kappa shape index (κ1) is 8.99. The van der Waals surface area contributed by atoms with Gasteiger partial charge in [0, 0.05) is 9.86 Å². The normalized spacial score (nSPS) is 10.9. The van der Waals surface area contributed by atoms with E-state index in [1.54, 1.807) is 11.3 Å². The third-order valence-electron chi connectivity index (χ3n) is 1.98. The van der Waals surface area contributed by atoms with Gasteiger partial charge in [0.15, 0.2) is 0 Å². The van der Waals surface area contributed by atoms with Gasteiger partial charge in [0.1, 0.15) is 0 Å². The van der Waals surface area contributed by atoms with Gasteiger partial charge in [-0.05, 0) is 32.9 Å². The Hall–Kier alpha value is -0.580. The van der Waals surface area contributed by atoms with E-state index in [0.717, 1.165) is 25.8 Å². The molecular formula is C9H8BrNOS. The number of thiophene rings is 1. The van der Waals surface area contributed by atoms with Crippen molar-refractivity contribution in [3.05, 3.63) is 27.5 Å². The minimum absolute atomic E-state index is 0.0705. The largest absolute Gasteiger partial charge is 0.397 e. The van der Waals surface area contributed by atoms with E-state index in [-0.39, 0.29) is 6.61 Å². The van der Waals surface area contributed by atoms with Crippen LogP contribution in [0.2, 0.25) is 0 Å². The van der Waals surface area contributed by atoms with E-state index in [1.807, 2.05) is 17.5 Å². The lowest BCUT2D eigenvalue weighted by atomic mass is 10.2. The standard InChI is InChI=1S/C9H8BrNOS/c10-7-2-1-6-5(3-12)4-13-9(6)8(7)11/h1-2,4,12H,3,11H2. The Morgan fingerprint density at radius 2 is 2.23 bits per heavy atom. The molecule has 13 heavy (non-hydrogen) atoms. The van der Waals surface area contributed by atoms with Crippen molar-refractivity contribution in [2.45, 2.75) is 6.61 Å². The average molecular weight is 258 g/mol. The van der Waals surface area contributed by atoms with Crippen molar-refractivity contribution in [1.29, 1.82) is 0 Å². The monoisotopic (exact) mass is 257 g/mol. The predicted molar refractivity (Wildman–Crippen MR) is 59.9 cm³/mol. The molecule has 0 aliphatic rings. The van der Waals surface area contributed by atoms with Crippen molar-refractivity contribution in [2.24, 2.45) is 0 Å². The van der Waals surface area contributed by atoms with E-state index in [1.165, 1.54) is 0 Å².